The third-order valence-electron chi connectivity index (χ3n) is 9.85. The summed E-state index contributed by atoms with van der Waals surface area (Å²) in [7, 11) is 0. The van der Waals surface area contributed by atoms with Crippen LogP contribution in [0.25, 0.3) is 0 Å². The fourth-order valence-corrected chi connectivity index (χ4v) is 6.25. The summed E-state index contributed by atoms with van der Waals surface area (Å²) in [6, 6.07) is 4.57. The number of furan rings is 1. The van der Waals surface area contributed by atoms with Crippen LogP contribution in [0.1, 0.15) is 89.9 Å². The van der Waals surface area contributed by atoms with Gasteiger partial charge in [0.25, 0.3) is 0 Å². The summed E-state index contributed by atoms with van der Waals surface area (Å²) in [6.07, 6.45) is 3.12. The van der Waals surface area contributed by atoms with Crippen molar-refractivity contribution in [3.63, 3.8) is 0 Å². The molecule has 0 unspecified atom stereocenters. The summed E-state index contributed by atoms with van der Waals surface area (Å²) in [5, 5.41) is 25.2. The number of primary amides is 1. The summed E-state index contributed by atoms with van der Waals surface area (Å²) in [5.74, 6) is -6.32. The van der Waals surface area contributed by atoms with Crippen LogP contribution in [-0.4, -0.2) is 102 Å². The van der Waals surface area contributed by atoms with Crippen LogP contribution in [0, 0.1) is 5.92 Å². The number of carbonyl (C=O) groups excluding carboxylic acids is 7. The first kappa shape index (κ1) is 50.3. The third-order valence-corrected chi connectivity index (χ3v) is 9.85. The highest BCUT2D eigenvalue weighted by Gasteiger charge is 2.34. The number of rotatable bonds is 29. The van der Waals surface area contributed by atoms with Gasteiger partial charge in [0.15, 0.2) is 0 Å². The molecule has 0 spiro atoms. The van der Waals surface area contributed by atoms with Gasteiger partial charge in [-0.3, -0.25) is 38.4 Å². The van der Waals surface area contributed by atoms with Gasteiger partial charge in [0.05, 0.1) is 6.26 Å². The van der Waals surface area contributed by atoms with Crippen molar-refractivity contribution >= 4 is 47.3 Å². The van der Waals surface area contributed by atoms with Crippen LogP contribution in [0.5, 0.6) is 0 Å². The Morgan fingerprint density at radius 1 is 0.633 bits per heavy atom. The van der Waals surface area contributed by atoms with E-state index in [1.54, 1.807) is 49.4 Å². The highest BCUT2D eigenvalue weighted by Crippen LogP contribution is 2.13. The van der Waals surface area contributed by atoms with E-state index >= 15 is 0 Å². The number of carboxylic acids is 1. The zero-order valence-corrected chi connectivity index (χ0v) is 34.7. The number of aliphatic carboxylic acids is 1. The van der Waals surface area contributed by atoms with Gasteiger partial charge in [0.1, 0.15) is 42.0 Å². The van der Waals surface area contributed by atoms with Crippen molar-refractivity contribution in [1.29, 1.82) is 0 Å². The summed E-state index contributed by atoms with van der Waals surface area (Å²) in [4.78, 5) is 105. The molecule has 0 aliphatic carbocycles. The van der Waals surface area contributed by atoms with Crippen LogP contribution in [0.4, 0.5) is 0 Å². The number of benzene rings is 1. The van der Waals surface area contributed by atoms with Crippen LogP contribution in [0.2, 0.25) is 0 Å². The Hall–Kier alpha value is -5.82. The molecular formula is C41H63N9O10. The molecule has 7 amide bonds. The van der Waals surface area contributed by atoms with Gasteiger partial charge in [-0.05, 0) is 81.6 Å². The molecule has 1 aromatic carbocycles. The summed E-state index contributed by atoms with van der Waals surface area (Å²) >= 11 is 0. The summed E-state index contributed by atoms with van der Waals surface area (Å²) in [5.41, 5.74) is 17.5. The van der Waals surface area contributed by atoms with Crippen LogP contribution >= 0.6 is 0 Å². The van der Waals surface area contributed by atoms with Crippen molar-refractivity contribution in [2.45, 2.75) is 128 Å². The Labute approximate surface area is 350 Å². The molecule has 0 saturated carbocycles. The molecule has 7 atom stereocenters. The second-order valence-corrected chi connectivity index (χ2v) is 14.7. The number of hydrogen-bond donors (Lipinski definition) is 10. The van der Waals surface area contributed by atoms with Crippen molar-refractivity contribution in [3.8, 4) is 0 Å². The lowest BCUT2D eigenvalue weighted by molar-refractivity contribution is -0.138. The molecule has 60 heavy (non-hydrogen) atoms. The molecule has 2 aromatic rings. The Morgan fingerprint density at radius 2 is 1.13 bits per heavy atom. The molecule has 1 aromatic heterocycles. The second-order valence-electron chi connectivity index (χ2n) is 14.7. The van der Waals surface area contributed by atoms with Crippen molar-refractivity contribution in [2.24, 2.45) is 23.1 Å². The third kappa shape index (κ3) is 18.4. The summed E-state index contributed by atoms with van der Waals surface area (Å²) < 4.78 is 5.45. The molecule has 19 nitrogen and oxygen atoms in total. The minimum absolute atomic E-state index is 0.0442. The zero-order chi connectivity index (χ0) is 44.6. The van der Waals surface area contributed by atoms with Gasteiger partial charge >= 0.3 is 5.97 Å². The van der Waals surface area contributed by atoms with E-state index in [1.807, 2.05) is 6.92 Å². The highest BCUT2D eigenvalue weighted by atomic mass is 16.4. The van der Waals surface area contributed by atoms with Crippen LogP contribution in [-0.2, 0) is 51.2 Å². The first-order valence-corrected chi connectivity index (χ1v) is 20.4. The van der Waals surface area contributed by atoms with Gasteiger partial charge in [0, 0.05) is 26.2 Å². The average Bonchev–Trinajstić information content (AvgIpc) is 3.73. The lowest BCUT2D eigenvalue weighted by Crippen LogP contribution is -2.60. The fraction of sp³-hybridized carbons (Fsp3) is 0.561. The molecular weight excluding hydrogens is 779 g/mol. The minimum Gasteiger partial charge on any atom is -0.481 e. The smallest absolute Gasteiger partial charge is 0.303 e. The number of carboxylic acid groups (broad SMARTS) is 1. The number of amides is 7. The van der Waals surface area contributed by atoms with Crippen LogP contribution in [0.15, 0.2) is 53.1 Å². The molecule has 0 aliphatic rings. The predicted octanol–water partition coefficient (Wildman–Crippen LogP) is -0.352. The first-order valence-electron chi connectivity index (χ1n) is 20.4. The molecule has 1 heterocycles. The molecule has 0 radical (unpaired) electrons. The molecule has 0 fully saturated rings. The van der Waals surface area contributed by atoms with Crippen LogP contribution < -0.4 is 49.1 Å². The lowest BCUT2D eigenvalue weighted by atomic mass is 9.97. The van der Waals surface area contributed by atoms with Gasteiger partial charge in [-0.2, -0.15) is 0 Å². The molecule has 0 bridgehead atoms. The number of nitrogens with two attached hydrogens (primary N) is 3. The van der Waals surface area contributed by atoms with E-state index in [0.717, 1.165) is 0 Å². The van der Waals surface area contributed by atoms with E-state index in [2.05, 4.69) is 31.9 Å². The number of carbonyl (C=O) groups is 8. The molecule has 332 valence electrons. The van der Waals surface area contributed by atoms with E-state index in [1.165, 1.54) is 13.2 Å². The highest BCUT2D eigenvalue weighted by molar-refractivity contribution is 5.97. The van der Waals surface area contributed by atoms with Crippen molar-refractivity contribution in [1.82, 2.24) is 31.9 Å². The average molecular weight is 842 g/mol. The Kier molecular flexibility index (Phi) is 22.7. The topological polar surface area (TPSA) is 320 Å². The first-order chi connectivity index (χ1) is 28.6. The number of nitrogens with one attached hydrogen (secondary N) is 6. The standard InChI is InChI=1S/C41H63N9O10/c1-4-25(2)35(45-26(3)51)41(59)48-31(18-19-34(52)53)38(56)47-30(17-9-11-21-43)37(55)49-32(23-27-13-6-5-7-14-27)39(57)50-33(24-28-15-12-22-60-28)40(58)46-29(36(44)54)16-8-10-20-42/h5-7,12-15,22,25,29-33,35H,4,8-11,16-21,23-24,42-43H2,1-3H3,(H2,44,54)(H,45,51)(H,46,58)(H,47,56)(H,48,59)(H,49,55)(H,50,57)(H,52,53)/t25-,29-,30-,31-,32-,33-,35-/m0/s1. The largest absolute Gasteiger partial charge is 0.481 e. The monoisotopic (exact) mass is 841 g/mol. The molecule has 0 saturated heterocycles. The van der Waals surface area contributed by atoms with Crippen molar-refractivity contribution in [2.75, 3.05) is 13.1 Å². The van der Waals surface area contributed by atoms with E-state index in [9.17, 15) is 43.5 Å². The van der Waals surface area contributed by atoms with Crippen molar-refractivity contribution in [3.05, 3.63) is 60.1 Å². The van der Waals surface area contributed by atoms with Gasteiger partial charge in [0.2, 0.25) is 41.4 Å². The Balaban J connectivity index is 2.45. The number of unbranched alkanes of at least 4 members (excludes halogenated alkanes) is 2. The maximum absolute atomic E-state index is 14.2. The minimum atomic E-state index is -1.41. The number of hydrogen-bond acceptors (Lipinski definition) is 11. The van der Waals surface area contributed by atoms with Gasteiger partial charge in [-0.1, -0.05) is 50.6 Å². The molecule has 0 aliphatic heterocycles. The van der Waals surface area contributed by atoms with E-state index in [4.69, 9.17) is 21.6 Å². The van der Waals surface area contributed by atoms with Gasteiger partial charge in [-0.15, -0.1) is 0 Å². The zero-order valence-electron chi connectivity index (χ0n) is 34.7. The molecule has 2 rings (SSSR count). The second kappa shape index (κ2) is 27.0. The Bertz CT molecular complexity index is 1690. The maximum Gasteiger partial charge on any atom is 0.303 e. The lowest BCUT2D eigenvalue weighted by Gasteiger charge is -2.28. The predicted molar refractivity (Wildman–Crippen MR) is 221 cm³/mol. The Morgan fingerprint density at radius 3 is 1.63 bits per heavy atom. The van der Waals surface area contributed by atoms with E-state index < -0.39 is 90.0 Å². The quantitative estimate of drug-likeness (QED) is 0.0470. The molecule has 13 N–H and O–H groups in total. The van der Waals surface area contributed by atoms with Crippen molar-refractivity contribution < 1.29 is 47.9 Å². The van der Waals surface area contributed by atoms with Crippen LogP contribution in [0.3, 0.4) is 0 Å². The molecule has 19 heteroatoms. The normalized spacial score (nSPS) is 14.5. The maximum atomic E-state index is 14.2. The summed E-state index contributed by atoms with van der Waals surface area (Å²) in [6.45, 7) is 5.45. The van der Waals surface area contributed by atoms with E-state index in [-0.39, 0.29) is 44.6 Å². The van der Waals surface area contributed by atoms with Gasteiger partial charge in [-0.25, -0.2) is 0 Å². The fourth-order valence-electron chi connectivity index (χ4n) is 6.25. The van der Waals surface area contributed by atoms with E-state index in [0.29, 0.717) is 50.0 Å². The van der Waals surface area contributed by atoms with Gasteiger partial charge < -0.3 is 58.6 Å². The SMILES string of the molecule is CC[C@H](C)[C@H](NC(C)=O)C(=O)N[C@@H](CCC(=O)O)C(=O)N[C@@H](CCCCN)C(=O)N[C@@H](Cc1ccccc1)C(=O)N[C@@H](Cc1ccco1)C(=O)N[C@@H](CCCCN)C(N)=O.